The van der Waals surface area contributed by atoms with Gasteiger partial charge in [0.25, 0.3) is 0 Å². The molecule has 1 aromatic carbocycles. The minimum absolute atomic E-state index is 0.126. The molecule has 0 aliphatic carbocycles. The van der Waals surface area contributed by atoms with Gasteiger partial charge >= 0.3 is 5.97 Å². The van der Waals surface area contributed by atoms with Crippen molar-refractivity contribution in [1.82, 2.24) is 10.1 Å². The Morgan fingerprint density at radius 3 is 2.73 bits per heavy atom. The van der Waals surface area contributed by atoms with E-state index in [1.54, 1.807) is 25.1 Å². The van der Waals surface area contributed by atoms with E-state index in [1.807, 2.05) is 0 Å². The Hall–Kier alpha value is -2.60. The first kappa shape index (κ1) is 14.3. The van der Waals surface area contributed by atoms with Crippen LogP contribution in [0.15, 0.2) is 28.8 Å². The Labute approximate surface area is 130 Å². The number of aromatic nitrogens is 2. The Morgan fingerprint density at radius 1 is 1.32 bits per heavy atom. The summed E-state index contributed by atoms with van der Waals surface area (Å²) >= 11 is 5.95. The highest BCUT2D eigenvalue weighted by Gasteiger charge is 2.24. The van der Waals surface area contributed by atoms with Crippen LogP contribution in [-0.4, -0.2) is 21.9 Å². The fraction of sp³-hybridized carbons (Fsp3) is 0.133. The van der Waals surface area contributed by atoms with Crippen LogP contribution in [0, 0.1) is 6.92 Å². The molecule has 0 atom stereocenters. The zero-order valence-electron chi connectivity index (χ0n) is 11.8. The molecular weight excluding hydrogens is 308 g/mol. The van der Waals surface area contributed by atoms with Crippen LogP contribution in [-0.2, 0) is 4.79 Å². The molecule has 112 valence electrons. The van der Waals surface area contributed by atoms with Crippen molar-refractivity contribution in [3.05, 3.63) is 46.4 Å². The molecule has 0 saturated carbocycles. The minimum Gasteiger partial charge on any atom is -0.424 e. The number of hydrogen-bond acceptors (Lipinski definition) is 5. The first-order valence-corrected chi connectivity index (χ1v) is 6.81. The summed E-state index contributed by atoms with van der Waals surface area (Å²) in [5.74, 6) is -0.289. The summed E-state index contributed by atoms with van der Waals surface area (Å²) in [6, 6.07) is 6.49. The summed E-state index contributed by atoms with van der Waals surface area (Å²) in [5.41, 5.74) is 0.844. The highest BCUT2D eigenvalue weighted by atomic mass is 35.5. The van der Waals surface area contributed by atoms with Crippen molar-refractivity contribution in [1.29, 1.82) is 0 Å². The summed E-state index contributed by atoms with van der Waals surface area (Å²) in [5, 5.41) is 4.77. The molecule has 0 spiro atoms. The van der Waals surface area contributed by atoms with Gasteiger partial charge < -0.3 is 14.2 Å². The minimum atomic E-state index is -0.527. The predicted molar refractivity (Wildman–Crippen MR) is 79.3 cm³/mol. The van der Waals surface area contributed by atoms with E-state index in [0.29, 0.717) is 21.7 Å². The van der Waals surface area contributed by atoms with Gasteiger partial charge in [0.05, 0.1) is 5.52 Å². The summed E-state index contributed by atoms with van der Waals surface area (Å²) in [6.07, 6.45) is 0. The second kappa shape index (κ2) is 5.31. The maximum Gasteiger partial charge on any atom is 0.308 e. The van der Waals surface area contributed by atoms with Crippen molar-refractivity contribution < 1.29 is 18.8 Å². The number of nitrogens with one attached hydrogen (secondary N) is 1. The van der Waals surface area contributed by atoms with Gasteiger partial charge in [0, 0.05) is 23.4 Å². The van der Waals surface area contributed by atoms with Gasteiger partial charge in [-0.2, -0.15) is 0 Å². The second-order valence-corrected chi connectivity index (χ2v) is 5.20. The number of carbonyl (C=O) groups is 2. The van der Waals surface area contributed by atoms with Crippen LogP contribution in [0.1, 0.15) is 28.9 Å². The maximum absolute atomic E-state index is 12.5. The number of nitrogens with zero attached hydrogens (tertiary/aromatic N) is 1. The van der Waals surface area contributed by atoms with E-state index < -0.39 is 11.8 Å². The van der Waals surface area contributed by atoms with Gasteiger partial charge in [-0.1, -0.05) is 16.8 Å². The van der Waals surface area contributed by atoms with Crippen molar-refractivity contribution in [2.75, 3.05) is 0 Å². The highest BCUT2D eigenvalue weighted by Crippen LogP contribution is 2.33. The normalized spacial score (nSPS) is 10.9. The number of aryl methyl sites for hydroxylation is 1. The number of rotatable bonds is 3. The number of benzene rings is 1. The standard InChI is InChI=1S/C15H11ClN2O4/c1-7-5-12(18-22-7)14(20)13-15(21-8(2)19)10-4-3-9(16)6-11(10)17-13/h3-6,17H,1-2H3. The molecule has 0 amide bonds. The molecule has 0 aliphatic heterocycles. The number of hydrogen-bond donors (Lipinski definition) is 1. The molecule has 0 fully saturated rings. The number of H-pyrrole nitrogens is 1. The molecule has 1 N–H and O–H groups in total. The van der Waals surface area contributed by atoms with Gasteiger partial charge in [-0.05, 0) is 25.1 Å². The lowest BCUT2D eigenvalue weighted by atomic mass is 10.1. The molecule has 7 heteroatoms. The summed E-state index contributed by atoms with van der Waals surface area (Å²) < 4.78 is 10.1. The molecule has 3 aromatic rings. The average molecular weight is 319 g/mol. The number of carbonyl (C=O) groups excluding carboxylic acids is 2. The van der Waals surface area contributed by atoms with Gasteiger partial charge in [-0.25, -0.2) is 0 Å². The summed E-state index contributed by atoms with van der Waals surface area (Å²) in [7, 11) is 0. The third-order valence-corrected chi connectivity index (χ3v) is 3.28. The quantitative estimate of drug-likeness (QED) is 0.591. The van der Waals surface area contributed by atoms with Crippen molar-refractivity contribution in [3.63, 3.8) is 0 Å². The molecule has 0 unspecified atom stereocenters. The average Bonchev–Trinajstić information content (AvgIpc) is 3.02. The molecule has 22 heavy (non-hydrogen) atoms. The first-order chi connectivity index (χ1) is 10.5. The number of halogens is 1. The van der Waals surface area contributed by atoms with Crippen molar-refractivity contribution >= 4 is 34.3 Å². The van der Waals surface area contributed by atoms with Crippen LogP contribution in [0.4, 0.5) is 0 Å². The molecule has 0 saturated heterocycles. The lowest BCUT2D eigenvalue weighted by molar-refractivity contribution is -0.131. The largest absolute Gasteiger partial charge is 0.424 e. The molecule has 3 rings (SSSR count). The van der Waals surface area contributed by atoms with Crippen LogP contribution in [0.3, 0.4) is 0 Å². The van der Waals surface area contributed by atoms with Crippen molar-refractivity contribution in [2.24, 2.45) is 0 Å². The molecular formula is C15H11ClN2O4. The van der Waals surface area contributed by atoms with Crippen LogP contribution in [0.25, 0.3) is 10.9 Å². The zero-order chi connectivity index (χ0) is 15.9. The number of ether oxygens (including phenoxy) is 1. The molecule has 6 nitrogen and oxygen atoms in total. The van der Waals surface area contributed by atoms with Crippen LogP contribution >= 0.6 is 11.6 Å². The number of ketones is 1. The predicted octanol–water partition coefficient (Wildman–Crippen LogP) is 3.27. The van der Waals surface area contributed by atoms with E-state index in [9.17, 15) is 9.59 Å². The Kier molecular flexibility index (Phi) is 3.46. The lowest BCUT2D eigenvalue weighted by Gasteiger charge is -2.02. The Balaban J connectivity index is 2.18. The van der Waals surface area contributed by atoms with E-state index in [4.69, 9.17) is 20.9 Å². The monoisotopic (exact) mass is 318 g/mol. The van der Waals surface area contributed by atoms with Crippen molar-refractivity contribution in [2.45, 2.75) is 13.8 Å². The fourth-order valence-electron chi connectivity index (χ4n) is 2.16. The van der Waals surface area contributed by atoms with Gasteiger partial charge in [0.15, 0.2) is 11.4 Å². The van der Waals surface area contributed by atoms with E-state index in [-0.39, 0.29) is 17.1 Å². The molecule has 2 heterocycles. The summed E-state index contributed by atoms with van der Waals surface area (Å²) in [4.78, 5) is 26.8. The van der Waals surface area contributed by atoms with Gasteiger partial charge in [-0.15, -0.1) is 0 Å². The SMILES string of the molecule is CC(=O)Oc1c(C(=O)c2cc(C)on2)[nH]c2cc(Cl)ccc12. The second-order valence-electron chi connectivity index (χ2n) is 4.76. The topological polar surface area (TPSA) is 85.2 Å². The van der Waals surface area contributed by atoms with Gasteiger partial charge in [0.1, 0.15) is 11.5 Å². The zero-order valence-corrected chi connectivity index (χ0v) is 12.5. The smallest absolute Gasteiger partial charge is 0.308 e. The van der Waals surface area contributed by atoms with Gasteiger partial charge in [-0.3, -0.25) is 9.59 Å². The molecule has 2 aromatic heterocycles. The number of aromatic amines is 1. The van der Waals surface area contributed by atoms with E-state index in [2.05, 4.69) is 10.1 Å². The molecule has 0 aliphatic rings. The maximum atomic E-state index is 12.5. The molecule has 0 radical (unpaired) electrons. The summed E-state index contributed by atoms with van der Waals surface area (Å²) in [6.45, 7) is 2.95. The fourth-order valence-corrected chi connectivity index (χ4v) is 2.33. The lowest BCUT2D eigenvalue weighted by Crippen LogP contribution is -2.08. The third-order valence-electron chi connectivity index (χ3n) is 3.05. The molecule has 0 bridgehead atoms. The van der Waals surface area contributed by atoms with E-state index in [1.165, 1.54) is 13.0 Å². The van der Waals surface area contributed by atoms with E-state index in [0.717, 1.165) is 0 Å². The number of fused-ring (bicyclic) bond motifs is 1. The Morgan fingerprint density at radius 2 is 2.09 bits per heavy atom. The van der Waals surface area contributed by atoms with Crippen LogP contribution < -0.4 is 4.74 Å². The highest BCUT2D eigenvalue weighted by molar-refractivity contribution is 6.31. The number of esters is 1. The Bertz CT molecular complexity index is 894. The van der Waals surface area contributed by atoms with E-state index >= 15 is 0 Å². The third kappa shape index (κ3) is 2.48. The van der Waals surface area contributed by atoms with Gasteiger partial charge in [0.2, 0.25) is 5.78 Å². The first-order valence-electron chi connectivity index (χ1n) is 6.43. The van der Waals surface area contributed by atoms with Crippen molar-refractivity contribution in [3.8, 4) is 5.75 Å². The van der Waals surface area contributed by atoms with Crippen LogP contribution in [0.5, 0.6) is 5.75 Å². The van der Waals surface area contributed by atoms with Crippen LogP contribution in [0.2, 0.25) is 5.02 Å².